The number of hydrogen-bond acceptors (Lipinski definition) is 1. The third-order valence-corrected chi connectivity index (χ3v) is 9.45. The van der Waals surface area contributed by atoms with Gasteiger partial charge in [0.2, 0.25) is 0 Å². The van der Waals surface area contributed by atoms with Gasteiger partial charge in [-0.05, 0) is 32.2 Å². The zero-order chi connectivity index (χ0) is 8.91. The number of rotatable bonds is 5. The predicted octanol–water partition coefficient (Wildman–Crippen LogP) is 1.83. The third-order valence-electron chi connectivity index (χ3n) is 1.69. The van der Waals surface area contributed by atoms with E-state index in [4.69, 9.17) is 4.12 Å². The van der Waals surface area contributed by atoms with E-state index >= 15 is 0 Å². The number of hydrogen-bond donors (Lipinski definition) is 0. The Morgan fingerprint density at radius 1 is 1.36 bits per heavy atom. The molecule has 1 nitrogen and oxygen atoms in total. The minimum atomic E-state index is -1.19. The lowest BCUT2D eigenvalue weighted by Crippen LogP contribution is -2.35. The molecule has 11 heavy (non-hydrogen) atoms. The van der Waals surface area contributed by atoms with Gasteiger partial charge < -0.3 is 4.12 Å². The first kappa shape index (κ1) is 11.6. The van der Waals surface area contributed by atoms with Crippen LogP contribution in [-0.2, 0) is 4.12 Å². The molecular weight excluding hydrogens is 184 g/mol. The molecule has 0 amide bonds. The van der Waals surface area contributed by atoms with Gasteiger partial charge in [-0.15, -0.1) is 0 Å². The van der Waals surface area contributed by atoms with Crippen LogP contribution >= 0.6 is 0 Å². The second-order valence-electron chi connectivity index (χ2n) is 4.03. The lowest BCUT2D eigenvalue weighted by Gasteiger charge is -2.25. The third kappa shape index (κ3) is 6.99. The van der Waals surface area contributed by atoms with Crippen molar-refractivity contribution in [1.29, 1.82) is 0 Å². The first-order valence-electron chi connectivity index (χ1n) is 4.66. The Balaban J connectivity index is 3.61. The van der Waals surface area contributed by atoms with Crippen molar-refractivity contribution >= 4 is 26.9 Å². The van der Waals surface area contributed by atoms with Gasteiger partial charge >= 0.3 is 0 Å². The molecular formula is C7H22OSi3. The van der Waals surface area contributed by atoms with Gasteiger partial charge in [-0.2, -0.15) is 0 Å². The summed E-state index contributed by atoms with van der Waals surface area (Å²) in [7, 11) is -1.68. The second-order valence-corrected chi connectivity index (χ2v) is 12.8. The molecule has 0 spiro atoms. The molecule has 0 heterocycles. The molecule has 0 aromatic heterocycles. The molecule has 0 radical (unpaired) electrons. The Hall–Kier alpha value is 0.611. The minimum absolute atomic E-state index is 0.270. The summed E-state index contributed by atoms with van der Waals surface area (Å²) in [6, 6.07) is 2.89. The maximum Gasteiger partial charge on any atom is 0.172 e. The quantitative estimate of drug-likeness (QED) is 0.624. The van der Waals surface area contributed by atoms with Gasteiger partial charge in [0.15, 0.2) is 17.4 Å². The van der Waals surface area contributed by atoms with E-state index in [0.717, 1.165) is 0 Å². The molecule has 0 unspecified atom stereocenters. The molecule has 0 N–H and O–H groups in total. The van der Waals surface area contributed by atoms with Crippen LogP contribution in [0.15, 0.2) is 0 Å². The SMILES string of the molecule is C[SiH2]CC[Si](C)(C)O[SiH](C)C. The zero-order valence-corrected chi connectivity index (χ0v) is 12.2. The van der Waals surface area contributed by atoms with Crippen molar-refractivity contribution in [1.82, 2.24) is 0 Å². The summed E-state index contributed by atoms with van der Waals surface area (Å²) < 4.78 is 6.04. The summed E-state index contributed by atoms with van der Waals surface area (Å²) in [5, 5.41) is 0. The van der Waals surface area contributed by atoms with Crippen LogP contribution in [0.2, 0.25) is 44.8 Å². The Labute approximate surface area is 76.2 Å². The Morgan fingerprint density at radius 2 is 1.91 bits per heavy atom. The van der Waals surface area contributed by atoms with Gasteiger partial charge in [-0.25, -0.2) is 0 Å². The first-order valence-corrected chi connectivity index (χ1v) is 13.0. The summed E-state index contributed by atoms with van der Waals surface area (Å²) in [4.78, 5) is 0. The van der Waals surface area contributed by atoms with Gasteiger partial charge in [-0.3, -0.25) is 0 Å². The van der Waals surface area contributed by atoms with Crippen molar-refractivity contribution < 1.29 is 4.12 Å². The van der Waals surface area contributed by atoms with Gasteiger partial charge in [0.25, 0.3) is 0 Å². The molecule has 4 heteroatoms. The van der Waals surface area contributed by atoms with E-state index in [2.05, 4.69) is 32.7 Å². The zero-order valence-electron chi connectivity index (χ0n) is 8.61. The molecule has 0 aliphatic heterocycles. The molecule has 0 saturated heterocycles. The lowest BCUT2D eigenvalue weighted by atomic mass is 10.9. The molecule has 68 valence electrons. The van der Waals surface area contributed by atoms with Gasteiger partial charge in [0.1, 0.15) is 0 Å². The van der Waals surface area contributed by atoms with Crippen molar-refractivity contribution in [2.24, 2.45) is 0 Å². The van der Waals surface area contributed by atoms with Crippen molar-refractivity contribution in [2.75, 3.05) is 0 Å². The smallest absolute Gasteiger partial charge is 0.172 e. The fourth-order valence-corrected chi connectivity index (χ4v) is 11.7. The Bertz CT molecular complexity index is 104. The largest absolute Gasteiger partial charge is 0.458 e. The average molecular weight is 207 g/mol. The summed E-state index contributed by atoms with van der Waals surface area (Å²) in [6.45, 7) is 11.7. The Kier molecular flexibility index (Phi) is 5.58. The van der Waals surface area contributed by atoms with E-state index in [9.17, 15) is 0 Å². The molecule has 0 aromatic rings. The van der Waals surface area contributed by atoms with Crippen LogP contribution in [0.4, 0.5) is 0 Å². The van der Waals surface area contributed by atoms with E-state index in [1.165, 1.54) is 12.1 Å². The maximum absolute atomic E-state index is 6.04. The van der Waals surface area contributed by atoms with Gasteiger partial charge in [-0.1, -0.05) is 12.6 Å². The van der Waals surface area contributed by atoms with Gasteiger partial charge in [0, 0.05) is 9.52 Å². The van der Waals surface area contributed by atoms with E-state index in [-0.39, 0.29) is 9.52 Å². The van der Waals surface area contributed by atoms with E-state index in [1.807, 2.05) is 0 Å². The van der Waals surface area contributed by atoms with Crippen LogP contribution in [0.3, 0.4) is 0 Å². The molecule has 0 aliphatic carbocycles. The molecule has 0 atom stereocenters. The lowest BCUT2D eigenvalue weighted by molar-refractivity contribution is 0.573. The van der Waals surface area contributed by atoms with Gasteiger partial charge in [0.05, 0.1) is 0 Å². The second kappa shape index (κ2) is 5.29. The fraction of sp³-hybridized carbons (Fsp3) is 1.00. The first-order chi connectivity index (χ1) is 4.98. The van der Waals surface area contributed by atoms with E-state index in [0.29, 0.717) is 0 Å². The van der Waals surface area contributed by atoms with Crippen LogP contribution < -0.4 is 0 Å². The molecule has 0 aliphatic rings. The molecule has 0 fully saturated rings. The topological polar surface area (TPSA) is 9.23 Å². The summed E-state index contributed by atoms with van der Waals surface area (Å²) in [5.41, 5.74) is 0. The van der Waals surface area contributed by atoms with E-state index in [1.54, 1.807) is 0 Å². The summed E-state index contributed by atoms with van der Waals surface area (Å²) in [5.74, 6) is 0. The summed E-state index contributed by atoms with van der Waals surface area (Å²) in [6.07, 6.45) is 0. The van der Waals surface area contributed by atoms with Crippen molar-refractivity contribution in [3.8, 4) is 0 Å². The van der Waals surface area contributed by atoms with Crippen LogP contribution in [0.25, 0.3) is 0 Å². The predicted molar refractivity (Wildman–Crippen MR) is 61.5 cm³/mol. The highest BCUT2D eigenvalue weighted by molar-refractivity contribution is 6.78. The van der Waals surface area contributed by atoms with Crippen molar-refractivity contribution in [3.63, 3.8) is 0 Å². The van der Waals surface area contributed by atoms with Crippen molar-refractivity contribution in [2.45, 2.75) is 44.8 Å². The summed E-state index contributed by atoms with van der Waals surface area (Å²) >= 11 is 0. The standard InChI is InChI=1S/C7H22OSi3/c1-9-6-7-11(4,5)8-10(2)3/h10H,6-7,9H2,1-5H3. The normalized spacial score (nSPS) is 13.6. The average Bonchev–Trinajstić information content (AvgIpc) is 1.81. The van der Waals surface area contributed by atoms with Crippen LogP contribution in [-0.4, -0.2) is 26.9 Å². The van der Waals surface area contributed by atoms with Crippen molar-refractivity contribution in [3.05, 3.63) is 0 Å². The molecule has 0 saturated carbocycles. The minimum Gasteiger partial charge on any atom is -0.458 e. The highest BCUT2D eigenvalue weighted by atomic mass is 28.4. The van der Waals surface area contributed by atoms with Crippen LogP contribution in [0.5, 0.6) is 0 Å². The highest BCUT2D eigenvalue weighted by Crippen LogP contribution is 2.14. The maximum atomic E-state index is 6.04. The Morgan fingerprint density at radius 3 is 2.27 bits per heavy atom. The van der Waals surface area contributed by atoms with E-state index < -0.39 is 17.4 Å². The molecule has 0 rings (SSSR count). The fourth-order valence-electron chi connectivity index (χ4n) is 1.30. The molecule has 0 aromatic carbocycles. The molecule has 0 bridgehead atoms. The van der Waals surface area contributed by atoms with Crippen LogP contribution in [0, 0.1) is 0 Å². The van der Waals surface area contributed by atoms with Crippen LogP contribution in [0.1, 0.15) is 0 Å². The monoisotopic (exact) mass is 206 g/mol. The highest BCUT2D eigenvalue weighted by Gasteiger charge is 2.22.